The Labute approximate surface area is 204 Å². The number of alkyl halides is 3. The summed E-state index contributed by atoms with van der Waals surface area (Å²) in [4.78, 5) is 30.3. The summed E-state index contributed by atoms with van der Waals surface area (Å²) < 4.78 is 38.6. The van der Waals surface area contributed by atoms with E-state index in [-0.39, 0.29) is 29.7 Å². The van der Waals surface area contributed by atoms with Gasteiger partial charge in [-0.25, -0.2) is 0 Å². The lowest BCUT2D eigenvalue weighted by Crippen LogP contribution is -2.54. The Morgan fingerprint density at radius 2 is 1.91 bits per heavy atom. The van der Waals surface area contributed by atoms with Crippen LogP contribution in [0.4, 0.5) is 13.2 Å². The molecule has 1 aliphatic carbocycles. The normalized spacial score (nSPS) is 22.2. The first kappa shape index (κ1) is 26.6. The zero-order valence-corrected chi connectivity index (χ0v) is 20.7. The second kappa shape index (κ2) is 12.1. The average molecular weight is 498 g/mol. The van der Waals surface area contributed by atoms with Crippen molar-refractivity contribution < 1.29 is 22.8 Å². The molecule has 9 heteroatoms. The molecule has 0 aromatic heterocycles. The van der Waals surface area contributed by atoms with Crippen LogP contribution in [0.5, 0.6) is 0 Å². The third-order valence-electron chi connectivity index (χ3n) is 6.38. The van der Waals surface area contributed by atoms with Gasteiger partial charge in [0.2, 0.25) is 5.91 Å². The van der Waals surface area contributed by atoms with E-state index < -0.39 is 11.7 Å². The van der Waals surface area contributed by atoms with Crippen molar-refractivity contribution in [2.75, 3.05) is 33.2 Å². The smallest absolute Gasteiger partial charge is 0.353 e. The fourth-order valence-corrected chi connectivity index (χ4v) is 5.89. The van der Waals surface area contributed by atoms with Gasteiger partial charge >= 0.3 is 6.18 Å². The molecular weight excluding hydrogens is 463 g/mol. The lowest BCUT2D eigenvalue weighted by atomic mass is 9.93. The fourth-order valence-electron chi connectivity index (χ4n) is 4.42. The summed E-state index contributed by atoms with van der Waals surface area (Å²) in [6.45, 7) is 4.40. The highest BCUT2D eigenvalue weighted by Gasteiger charge is 2.41. The average Bonchev–Trinajstić information content (AvgIpc) is 2.80. The van der Waals surface area contributed by atoms with Crippen LogP contribution in [0.25, 0.3) is 6.08 Å². The predicted octanol–water partition coefficient (Wildman–Crippen LogP) is 4.78. The summed E-state index contributed by atoms with van der Waals surface area (Å²) in [6, 6.07) is 4.81. The van der Waals surface area contributed by atoms with Crippen LogP contribution in [0.3, 0.4) is 0 Å². The fraction of sp³-hybridized carbons (Fsp3) is 0.600. The first-order chi connectivity index (χ1) is 16.2. The Bertz CT molecular complexity index is 873. The number of unbranched alkanes of at least 4 members (excludes halogenated alkanes) is 1. The number of nitrogens with one attached hydrogen (secondary N) is 1. The maximum atomic E-state index is 13.3. The second-order valence-corrected chi connectivity index (χ2v) is 10.4. The van der Waals surface area contributed by atoms with Crippen LogP contribution in [0, 0.1) is 0 Å². The first-order valence-electron chi connectivity index (χ1n) is 12.0. The molecule has 0 radical (unpaired) electrons. The van der Waals surface area contributed by atoms with E-state index in [0.29, 0.717) is 17.0 Å². The van der Waals surface area contributed by atoms with E-state index in [1.807, 2.05) is 7.05 Å². The Morgan fingerprint density at radius 3 is 2.59 bits per heavy atom. The molecule has 0 spiro atoms. The minimum Gasteiger partial charge on any atom is -0.353 e. The molecule has 34 heavy (non-hydrogen) atoms. The van der Waals surface area contributed by atoms with E-state index >= 15 is 0 Å². The van der Waals surface area contributed by atoms with Crippen molar-refractivity contribution in [1.82, 2.24) is 15.1 Å². The van der Waals surface area contributed by atoms with Crippen LogP contribution in [-0.4, -0.2) is 66.1 Å². The number of hydrogen-bond donors (Lipinski definition) is 1. The number of carbonyl (C=O) groups is 2. The molecule has 2 aliphatic rings. The molecule has 2 atom stereocenters. The van der Waals surface area contributed by atoms with Crippen LogP contribution in [-0.2, 0) is 15.8 Å². The van der Waals surface area contributed by atoms with Crippen molar-refractivity contribution in [2.45, 2.75) is 62.9 Å². The molecule has 1 saturated heterocycles. The van der Waals surface area contributed by atoms with Gasteiger partial charge in [-0.3, -0.25) is 9.59 Å². The number of nitrogens with zero attached hydrogens (tertiary/aromatic N) is 2. The number of amides is 2. The molecule has 0 bridgehead atoms. The number of rotatable bonds is 9. The topological polar surface area (TPSA) is 52.7 Å². The molecule has 2 fully saturated rings. The minimum absolute atomic E-state index is 0.00356. The minimum atomic E-state index is -4.40. The second-order valence-electron chi connectivity index (χ2n) is 9.08. The Hall–Kier alpha value is -2.00. The molecule has 3 rings (SSSR count). The number of benzene rings is 1. The summed E-state index contributed by atoms with van der Waals surface area (Å²) in [5, 5.41) is 3.13. The number of likely N-dealkylation sites (N-methyl/N-ethyl adjacent to an activating group) is 1. The molecule has 1 aromatic carbocycles. The van der Waals surface area contributed by atoms with E-state index in [1.54, 1.807) is 11.0 Å². The zero-order valence-electron chi connectivity index (χ0n) is 19.9. The van der Waals surface area contributed by atoms with Gasteiger partial charge in [-0.2, -0.15) is 13.2 Å². The molecular formula is C25H34F3N3O2S. The lowest BCUT2D eigenvalue weighted by Gasteiger charge is -2.43. The molecule has 1 aromatic rings. The van der Waals surface area contributed by atoms with Gasteiger partial charge in [-0.15, -0.1) is 11.8 Å². The van der Waals surface area contributed by atoms with Crippen LogP contribution >= 0.6 is 11.8 Å². The van der Waals surface area contributed by atoms with Crippen LogP contribution in [0.15, 0.2) is 29.2 Å². The van der Waals surface area contributed by atoms with Crippen molar-refractivity contribution >= 4 is 29.7 Å². The molecule has 1 aliphatic heterocycles. The summed E-state index contributed by atoms with van der Waals surface area (Å²) >= 11 is 1.50. The predicted molar refractivity (Wildman–Crippen MR) is 130 cm³/mol. The molecule has 2 unspecified atom stereocenters. The monoisotopic (exact) mass is 497 g/mol. The molecule has 1 heterocycles. The van der Waals surface area contributed by atoms with Gasteiger partial charge in [0, 0.05) is 24.4 Å². The highest BCUT2D eigenvalue weighted by atomic mass is 32.2. The third kappa shape index (κ3) is 7.25. The quantitative estimate of drug-likeness (QED) is 0.499. The highest BCUT2D eigenvalue weighted by molar-refractivity contribution is 8.04. The van der Waals surface area contributed by atoms with Gasteiger partial charge in [0.15, 0.2) is 0 Å². The van der Waals surface area contributed by atoms with E-state index in [4.69, 9.17) is 0 Å². The number of hydrogen-bond acceptors (Lipinski definition) is 4. The molecule has 5 nitrogen and oxygen atoms in total. The number of fused-ring (bicyclic) bond motifs is 1. The molecule has 1 N–H and O–H groups in total. The number of thioether (sulfide) groups is 1. The SMILES string of the molecule is CCCCN(C)CCNC(=O)CN1C(=O)/C(=C/c2ccc(C(F)(F)F)cc2)SC2CCCCC21. The van der Waals surface area contributed by atoms with Crippen molar-refractivity contribution in [1.29, 1.82) is 0 Å². The van der Waals surface area contributed by atoms with Crippen molar-refractivity contribution in [2.24, 2.45) is 0 Å². The van der Waals surface area contributed by atoms with Crippen molar-refractivity contribution in [3.63, 3.8) is 0 Å². The van der Waals surface area contributed by atoms with Crippen molar-refractivity contribution in [3.8, 4) is 0 Å². The standard InChI is InChI=1S/C25H34F3N3O2S/c1-3-4-14-30(2)15-13-29-23(32)17-31-20-7-5-6-8-21(20)34-22(24(31)33)16-18-9-11-19(12-10-18)25(26,27)28/h9-12,16,20-21H,3-8,13-15,17H2,1-2H3,(H,29,32)/b22-16-. The van der Waals surface area contributed by atoms with E-state index in [0.717, 1.165) is 63.7 Å². The molecule has 2 amide bonds. The van der Waals surface area contributed by atoms with Crippen molar-refractivity contribution in [3.05, 3.63) is 40.3 Å². The van der Waals surface area contributed by atoms with Gasteiger partial charge in [0.1, 0.15) is 6.54 Å². The van der Waals surface area contributed by atoms with Gasteiger partial charge in [0.25, 0.3) is 5.91 Å². The van der Waals surface area contributed by atoms with E-state index in [9.17, 15) is 22.8 Å². The summed E-state index contributed by atoms with van der Waals surface area (Å²) in [5.41, 5.74) is -0.180. The van der Waals surface area contributed by atoms with Crippen LogP contribution in [0.1, 0.15) is 56.6 Å². The van der Waals surface area contributed by atoms with Gasteiger partial charge in [-0.05, 0) is 56.6 Å². The number of halogens is 3. The summed E-state index contributed by atoms with van der Waals surface area (Å²) in [5.74, 6) is -0.398. The Kier molecular flexibility index (Phi) is 9.47. The summed E-state index contributed by atoms with van der Waals surface area (Å²) in [7, 11) is 2.03. The molecule has 1 saturated carbocycles. The lowest BCUT2D eigenvalue weighted by molar-refractivity contribution is -0.137. The van der Waals surface area contributed by atoms with Crippen LogP contribution < -0.4 is 5.32 Å². The molecule has 188 valence electrons. The number of carbonyl (C=O) groups excluding carboxylic acids is 2. The maximum Gasteiger partial charge on any atom is 0.416 e. The first-order valence-corrected chi connectivity index (χ1v) is 12.9. The maximum absolute atomic E-state index is 13.3. The summed E-state index contributed by atoms with van der Waals surface area (Å²) in [6.07, 6.45) is 3.39. The Morgan fingerprint density at radius 1 is 1.21 bits per heavy atom. The van der Waals surface area contributed by atoms with Crippen LogP contribution in [0.2, 0.25) is 0 Å². The highest BCUT2D eigenvalue weighted by Crippen LogP contribution is 2.42. The van der Waals surface area contributed by atoms with Gasteiger partial charge in [0.05, 0.1) is 10.5 Å². The third-order valence-corrected chi connectivity index (χ3v) is 7.78. The van der Waals surface area contributed by atoms with Gasteiger partial charge in [-0.1, -0.05) is 38.3 Å². The van der Waals surface area contributed by atoms with E-state index in [2.05, 4.69) is 17.1 Å². The largest absolute Gasteiger partial charge is 0.416 e. The zero-order chi connectivity index (χ0) is 24.7. The Balaban J connectivity index is 1.67. The van der Waals surface area contributed by atoms with E-state index in [1.165, 1.54) is 23.9 Å². The van der Waals surface area contributed by atoms with Gasteiger partial charge < -0.3 is 15.1 Å².